The number of carbonyl (C=O) groups is 1. The highest BCUT2D eigenvalue weighted by atomic mass is 16.5. The molecule has 1 heterocycles. The van der Waals surface area contributed by atoms with E-state index in [4.69, 9.17) is 4.74 Å². The van der Waals surface area contributed by atoms with E-state index in [9.17, 15) is 4.79 Å². The molecule has 0 aromatic rings. The molecule has 54 valence electrons. The van der Waals surface area contributed by atoms with E-state index in [0.717, 1.165) is 0 Å². The van der Waals surface area contributed by atoms with Gasteiger partial charge in [0, 0.05) is 7.11 Å². The fourth-order valence-corrected chi connectivity index (χ4v) is 0.729. The summed E-state index contributed by atoms with van der Waals surface area (Å²) in [4.78, 5) is 10.4. The molecule has 0 aromatic heterocycles. The van der Waals surface area contributed by atoms with Crippen LogP contribution in [0.4, 0.5) is 0 Å². The number of carbonyl (C=O) groups excluding carboxylic acids is 1. The van der Waals surface area contributed by atoms with Gasteiger partial charge in [0.2, 0.25) is 5.72 Å². The van der Waals surface area contributed by atoms with Crippen molar-refractivity contribution < 1.29 is 9.53 Å². The monoisotopic (exact) mass is 139 g/mol. The molecule has 0 radical (unpaired) electrons. The first-order chi connectivity index (χ1) is 4.83. The van der Waals surface area contributed by atoms with Crippen molar-refractivity contribution in [1.82, 2.24) is 5.32 Å². The van der Waals surface area contributed by atoms with Gasteiger partial charge in [-0.25, -0.2) is 0 Å². The van der Waals surface area contributed by atoms with E-state index < -0.39 is 5.72 Å². The van der Waals surface area contributed by atoms with Crippen LogP contribution in [0.25, 0.3) is 0 Å². The topological polar surface area (TPSA) is 38.3 Å². The number of hydrogen-bond donors (Lipinski definition) is 1. The molecule has 0 fully saturated rings. The Hall–Kier alpha value is -1.09. The van der Waals surface area contributed by atoms with E-state index in [-0.39, 0.29) is 0 Å². The molecule has 0 saturated carbocycles. The number of methoxy groups -OCH3 is 1. The Morgan fingerprint density at radius 1 is 1.60 bits per heavy atom. The van der Waals surface area contributed by atoms with E-state index in [1.165, 1.54) is 7.11 Å². The van der Waals surface area contributed by atoms with Crippen LogP contribution in [0.15, 0.2) is 24.4 Å². The average Bonchev–Trinajstić information content (AvgIpc) is 2.06. The van der Waals surface area contributed by atoms with Crippen molar-refractivity contribution in [1.29, 1.82) is 0 Å². The number of rotatable bonds is 2. The molecule has 3 heteroatoms. The van der Waals surface area contributed by atoms with E-state index in [2.05, 4.69) is 5.32 Å². The van der Waals surface area contributed by atoms with Gasteiger partial charge in [-0.2, -0.15) is 0 Å². The van der Waals surface area contributed by atoms with Gasteiger partial charge in [0.1, 0.15) is 0 Å². The number of allylic oxidation sites excluding steroid dienone is 2. The zero-order valence-corrected chi connectivity index (χ0v) is 5.70. The van der Waals surface area contributed by atoms with Gasteiger partial charge in [0.25, 0.3) is 0 Å². The second-order valence-electron chi connectivity index (χ2n) is 1.98. The van der Waals surface area contributed by atoms with Gasteiger partial charge >= 0.3 is 0 Å². The highest BCUT2D eigenvalue weighted by Gasteiger charge is 2.24. The first-order valence-electron chi connectivity index (χ1n) is 2.96. The minimum atomic E-state index is -0.936. The molecule has 1 aliphatic rings. The van der Waals surface area contributed by atoms with E-state index in [0.29, 0.717) is 6.29 Å². The second kappa shape index (κ2) is 2.66. The number of ether oxygens (including phenoxy) is 1. The summed E-state index contributed by atoms with van der Waals surface area (Å²) in [6, 6.07) is 0. The summed E-state index contributed by atoms with van der Waals surface area (Å²) in [6.07, 6.45) is 7.58. The third-order valence-electron chi connectivity index (χ3n) is 1.37. The van der Waals surface area contributed by atoms with Gasteiger partial charge in [-0.1, -0.05) is 6.08 Å². The van der Waals surface area contributed by atoms with Crippen LogP contribution < -0.4 is 5.32 Å². The average molecular weight is 139 g/mol. The van der Waals surface area contributed by atoms with Crippen molar-refractivity contribution in [2.45, 2.75) is 5.72 Å². The largest absolute Gasteiger partial charge is 0.355 e. The molecule has 0 saturated heterocycles. The predicted octanol–water partition coefficient (Wildman–Crippen LogP) is 0.201. The van der Waals surface area contributed by atoms with Gasteiger partial charge < -0.3 is 10.1 Å². The van der Waals surface area contributed by atoms with Crippen molar-refractivity contribution >= 4 is 6.29 Å². The maximum absolute atomic E-state index is 10.4. The first-order valence-corrected chi connectivity index (χ1v) is 2.96. The third kappa shape index (κ3) is 1.09. The highest BCUT2D eigenvalue weighted by Crippen LogP contribution is 2.07. The van der Waals surface area contributed by atoms with Gasteiger partial charge in [0.05, 0.1) is 0 Å². The third-order valence-corrected chi connectivity index (χ3v) is 1.37. The molecule has 0 spiro atoms. The van der Waals surface area contributed by atoms with E-state index in [1.54, 1.807) is 24.4 Å². The summed E-state index contributed by atoms with van der Waals surface area (Å²) in [7, 11) is 1.48. The Bertz CT molecular complexity index is 186. The molecule has 10 heavy (non-hydrogen) atoms. The maximum Gasteiger partial charge on any atom is 0.214 e. The lowest BCUT2D eigenvalue weighted by Gasteiger charge is -2.24. The molecule has 0 aliphatic carbocycles. The van der Waals surface area contributed by atoms with Crippen molar-refractivity contribution in [3.8, 4) is 0 Å². The standard InChI is InChI=1S/C7H9NO2/c1-10-7(6-9)4-2-3-5-8-7/h2-6,8H,1H3. The summed E-state index contributed by atoms with van der Waals surface area (Å²) in [5.41, 5.74) is -0.936. The normalized spacial score (nSPS) is 29.7. The van der Waals surface area contributed by atoms with Crippen LogP contribution in [0.2, 0.25) is 0 Å². The van der Waals surface area contributed by atoms with E-state index >= 15 is 0 Å². The fraction of sp³-hybridized carbons (Fsp3) is 0.286. The Morgan fingerprint density at radius 3 is 2.70 bits per heavy atom. The molecular formula is C7H9NO2. The lowest BCUT2D eigenvalue weighted by molar-refractivity contribution is -0.124. The van der Waals surface area contributed by atoms with Crippen LogP contribution >= 0.6 is 0 Å². The summed E-state index contributed by atoms with van der Waals surface area (Å²) >= 11 is 0. The molecule has 3 nitrogen and oxygen atoms in total. The lowest BCUT2D eigenvalue weighted by Crippen LogP contribution is -2.44. The fourth-order valence-electron chi connectivity index (χ4n) is 0.729. The molecule has 0 bridgehead atoms. The minimum absolute atomic E-state index is 0.715. The van der Waals surface area contributed by atoms with Gasteiger partial charge in [-0.3, -0.25) is 4.79 Å². The molecule has 1 aliphatic heterocycles. The molecule has 1 rings (SSSR count). The Labute approximate surface area is 59.4 Å². The van der Waals surface area contributed by atoms with Crippen LogP contribution in [0.1, 0.15) is 0 Å². The number of aldehydes is 1. The van der Waals surface area contributed by atoms with Crippen molar-refractivity contribution in [3.63, 3.8) is 0 Å². The number of hydrogen-bond acceptors (Lipinski definition) is 3. The second-order valence-corrected chi connectivity index (χ2v) is 1.98. The van der Waals surface area contributed by atoms with Crippen LogP contribution in [0.3, 0.4) is 0 Å². The molecule has 1 atom stereocenters. The maximum atomic E-state index is 10.4. The van der Waals surface area contributed by atoms with Crippen LogP contribution in [-0.2, 0) is 9.53 Å². The highest BCUT2D eigenvalue weighted by molar-refractivity contribution is 5.66. The Balaban J connectivity index is 2.75. The predicted molar refractivity (Wildman–Crippen MR) is 37.2 cm³/mol. The summed E-state index contributed by atoms with van der Waals surface area (Å²) < 4.78 is 4.91. The lowest BCUT2D eigenvalue weighted by atomic mass is 10.2. The molecule has 0 amide bonds. The molecule has 1 N–H and O–H groups in total. The first kappa shape index (κ1) is 7.02. The van der Waals surface area contributed by atoms with Gasteiger partial charge in [-0.15, -0.1) is 0 Å². The van der Waals surface area contributed by atoms with Gasteiger partial charge in [0.15, 0.2) is 6.29 Å². The van der Waals surface area contributed by atoms with Crippen LogP contribution in [0, 0.1) is 0 Å². The van der Waals surface area contributed by atoms with Crippen molar-refractivity contribution in [3.05, 3.63) is 24.4 Å². The zero-order valence-electron chi connectivity index (χ0n) is 5.70. The zero-order chi connectivity index (χ0) is 7.45. The van der Waals surface area contributed by atoms with Crippen molar-refractivity contribution in [2.75, 3.05) is 7.11 Å². The quantitative estimate of drug-likeness (QED) is 0.555. The minimum Gasteiger partial charge on any atom is -0.355 e. The molecule has 0 aromatic carbocycles. The van der Waals surface area contributed by atoms with Crippen LogP contribution in [-0.4, -0.2) is 19.1 Å². The summed E-state index contributed by atoms with van der Waals surface area (Å²) in [6.45, 7) is 0. The van der Waals surface area contributed by atoms with Crippen LogP contribution in [0.5, 0.6) is 0 Å². The van der Waals surface area contributed by atoms with Crippen molar-refractivity contribution in [2.24, 2.45) is 0 Å². The Morgan fingerprint density at radius 2 is 2.40 bits per heavy atom. The SMILES string of the molecule is COC1(C=O)C=CC=CN1. The number of nitrogens with one attached hydrogen (secondary N) is 1. The van der Waals surface area contributed by atoms with Gasteiger partial charge in [-0.05, 0) is 18.4 Å². The smallest absolute Gasteiger partial charge is 0.214 e. The Kier molecular flexibility index (Phi) is 1.87. The summed E-state index contributed by atoms with van der Waals surface area (Å²) in [5, 5.41) is 2.77. The number of dihydropyridines is 1. The molecule has 1 unspecified atom stereocenters. The summed E-state index contributed by atoms with van der Waals surface area (Å²) in [5.74, 6) is 0. The van der Waals surface area contributed by atoms with E-state index in [1.807, 2.05) is 0 Å². The molecular weight excluding hydrogens is 130 g/mol.